The molecule has 7 nitrogen and oxygen atoms in total. The third-order valence-electron chi connectivity index (χ3n) is 3.64. The molecule has 0 saturated heterocycles. The molecular weight excluding hydrogens is 296 g/mol. The van der Waals surface area contributed by atoms with Crippen molar-refractivity contribution in [1.82, 2.24) is 9.88 Å². The molecule has 1 aromatic heterocycles. The first-order valence-electron chi connectivity index (χ1n) is 7.36. The van der Waals surface area contributed by atoms with Crippen molar-refractivity contribution in [1.29, 1.82) is 0 Å². The maximum atomic E-state index is 12.1. The minimum Gasteiger partial charge on any atom is -0.399 e. The summed E-state index contributed by atoms with van der Waals surface area (Å²) in [6.07, 6.45) is 0. The Morgan fingerprint density at radius 3 is 2.83 bits per heavy atom. The van der Waals surface area contributed by atoms with Crippen LogP contribution >= 0.6 is 0 Å². The van der Waals surface area contributed by atoms with Gasteiger partial charge in [-0.25, -0.2) is 0 Å². The van der Waals surface area contributed by atoms with Gasteiger partial charge in [-0.2, -0.15) is 0 Å². The highest BCUT2D eigenvalue weighted by Gasteiger charge is 2.15. The summed E-state index contributed by atoms with van der Waals surface area (Å²) in [6, 6.07) is 6.30. The molecule has 1 aromatic carbocycles. The number of nitrogen functional groups attached to an aromatic ring is 1. The number of hydrogen-bond donors (Lipinski definition) is 3. The highest BCUT2D eigenvalue weighted by Crippen LogP contribution is 2.24. The second-order valence-electron chi connectivity index (χ2n) is 5.38. The lowest BCUT2D eigenvalue weighted by Gasteiger charge is -2.18. The molecule has 0 spiro atoms. The van der Waals surface area contributed by atoms with E-state index >= 15 is 0 Å². The van der Waals surface area contributed by atoms with E-state index in [1.807, 2.05) is 0 Å². The fraction of sp³-hybridized carbons (Fsp3) is 0.375. The van der Waals surface area contributed by atoms with Gasteiger partial charge in [0.25, 0.3) is 5.56 Å². The molecule has 1 amide bonds. The molecule has 23 heavy (non-hydrogen) atoms. The van der Waals surface area contributed by atoms with Crippen LogP contribution < -0.4 is 21.9 Å². The second-order valence-corrected chi connectivity index (χ2v) is 5.38. The van der Waals surface area contributed by atoms with Gasteiger partial charge in [-0.1, -0.05) is 0 Å². The standard InChI is InChI=1S/C16H22N4O3/c1-10(16(22)18-6-7-23-3)19-13-9-15(21)20(2)14-5-4-11(17)8-12(13)14/h4-5,8-10,19H,6-7,17H2,1-3H3,(H,18,22). The fourth-order valence-electron chi connectivity index (χ4n) is 2.33. The molecule has 124 valence electrons. The van der Waals surface area contributed by atoms with E-state index in [4.69, 9.17) is 10.5 Å². The van der Waals surface area contributed by atoms with Crippen LogP contribution in [0.25, 0.3) is 10.9 Å². The number of amides is 1. The lowest BCUT2D eigenvalue weighted by Crippen LogP contribution is -2.39. The molecule has 0 aliphatic heterocycles. The van der Waals surface area contributed by atoms with Gasteiger partial charge in [0.05, 0.1) is 12.1 Å². The van der Waals surface area contributed by atoms with Crippen LogP contribution in [0.15, 0.2) is 29.1 Å². The zero-order valence-electron chi connectivity index (χ0n) is 13.6. The van der Waals surface area contributed by atoms with Crippen LogP contribution in [0.4, 0.5) is 11.4 Å². The minimum absolute atomic E-state index is 0.156. The van der Waals surface area contributed by atoms with Crippen LogP contribution in [-0.2, 0) is 16.6 Å². The number of carbonyl (C=O) groups is 1. The van der Waals surface area contributed by atoms with E-state index < -0.39 is 6.04 Å². The maximum absolute atomic E-state index is 12.1. The number of nitrogens with two attached hydrogens (primary N) is 1. The molecule has 7 heteroatoms. The van der Waals surface area contributed by atoms with E-state index in [1.165, 1.54) is 6.07 Å². The van der Waals surface area contributed by atoms with Gasteiger partial charge in [-0.15, -0.1) is 0 Å². The number of nitrogens with zero attached hydrogens (tertiary/aromatic N) is 1. The van der Waals surface area contributed by atoms with Crippen molar-refractivity contribution in [3.05, 3.63) is 34.6 Å². The van der Waals surface area contributed by atoms with Crippen molar-refractivity contribution < 1.29 is 9.53 Å². The van der Waals surface area contributed by atoms with E-state index in [2.05, 4.69) is 10.6 Å². The van der Waals surface area contributed by atoms with Crippen molar-refractivity contribution >= 4 is 28.2 Å². The lowest BCUT2D eigenvalue weighted by atomic mass is 10.1. The molecule has 4 N–H and O–H groups in total. The second kappa shape index (κ2) is 7.15. The van der Waals surface area contributed by atoms with Crippen LogP contribution in [0, 0.1) is 0 Å². The number of fused-ring (bicyclic) bond motifs is 1. The highest BCUT2D eigenvalue weighted by atomic mass is 16.5. The van der Waals surface area contributed by atoms with Gasteiger partial charge in [0.1, 0.15) is 6.04 Å². The first kappa shape index (κ1) is 16.8. The first-order chi connectivity index (χ1) is 10.9. The Morgan fingerprint density at radius 2 is 2.13 bits per heavy atom. The number of anilines is 2. The summed E-state index contributed by atoms with van der Waals surface area (Å²) < 4.78 is 6.44. The van der Waals surface area contributed by atoms with Gasteiger partial charge < -0.3 is 25.7 Å². The smallest absolute Gasteiger partial charge is 0.252 e. The van der Waals surface area contributed by atoms with Crippen molar-refractivity contribution in [2.24, 2.45) is 7.05 Å². The molecule has 2 aromatic rings. The van der Waals surface area contributed by atoms with Crippen LogP contribution in [0.2, 0.25) is 0 Å². The molecule has 0 fully saturated rings. The zero-order valence-corrected chi connectivity index (χ0v) is 13.6. The normalized spacial score (nSPS) is 12.1. The molecule has 0 saturated carbocycles. The number of rotatable bonds is 6. The van der Waals surface area contributed by atoms with Crippen molar-refractivity contribution in [2.45, 2.75) is 13.0 Å². The van der Waals surface area contributed by atoms with Gasteiger partial charge in [-0.05, 0) is 25.1 Å². The number of carbonyl (C=O) groups excluding carboxylic acids is 1. The van der Waals surface area contributed by atoms with Gasteiger partial charge in [0, 0.05) is 43.5 Å². The summed E-state index contributed by atoms with van der Waals surface area (Å²) in [5.74, 6) is -0.167. The van der Waals surface area contributed by atoms with Gasteiger partial charge >= 0.3 is 0 Å². The minimum atomic E-state index is -0.497. The molecule has 1 unspecified atom stereocenters. The van der Waals surface area contributed by atoms with Gasteiger partial charge in [0.2, 0.25) is 5.91 Å². The Hall–Kier alpha value is -2.54. The molecule has 0 radical (unpaired) electrons. The molecule has 2 rings (SSSR count). The number of hydrogen-bond acceptors (Lipinski definition) is 5. The van der Waals surface area contributed by atoms with E-state index in [9.17, 15) is 9.59 Å². The third kappa shape index (κ3) is 3.81. The van der Waals surface area contributed by atoms with Crippen molar-refractivity contribution in [2.75, 3.05) is 31.3 Å². The Morgan fingerprint density at radius 1 is 1.39 bits per heavy atom. The molecule has 0 bridgehead atoms. The number of benzene rings is 1. The third-order valence-corrected chi connectivity index (χ3v) is 3.64. The summed E-state index contributed by atoms with van der Waals surface area (Å²) in [5, 5.41) is 6.63. The average Bonchev–Trinajstić information content (AvgIpc) is 2.52. The molecule has 1 heterocycles. The summed E-state index contributed by atoms with van der Waals surface area (Å²) >= 11 is 0. The van der Waals surface area contributed by atoms with Crippen LogP contribution in [0.3, 0.4) is 0 Å². The lowest BCUT2D eigenvalue weighted by molar-refractivity contribution is -0.121. The number of aryl methyl sites for hydroxylation is 1. The highest BCUT2D eigenvalue weighted by molar-refractivity contribution is 5.95. The van der Waals surface area contributed by atoms with Crippen LogP contribution in [-0.4, -0.2) is 36.8 Å². The number of aromatic nitrogens is 1. The first-order valence-corrected chi connectivity index (χ1v) is 7.36. The number of methoxy groups -OCH3 is 1. The van der Waals surface area contributed by atoms with Crippen LogP contribution in [0.1, 0.15) is 6.92 Å². The molecule has 1 atom stereocenters. The summed E-state index contributed by atoms with van der Waals surface area (Å²) in [6.45, 7) is 2.62. The van der Waals surface area contributed by atoms with Gasteiger partial charge in [0.15, 0.2) is 0 Å². The summed E-state index contributed by atoms with van der Waals surface area (Å²) in [4.78, 5) is 24.1. The van der Waals surface area contributed by atoms with Crippen molar-refractivity contribution in [3.63, 3.8) is 0 Å². The Labute approximate surface area is 134 Å². The Kier molecular flexibility index (Phi) is 5.23. The predicted molar refractivity (Wildman–Crippen MR) is 91.6 cm³/mol. The van der Waals surface area contributed by atoms with E-state index in [0.717, 1.165) is 10.9 Å². The van der Waals surface area contributed by atoms with Crippen molar-refractivity contribution in [3.8, 4) is 0 Å². The number of ether oxygens (including phenoxy) is 1. The number of pyridine rings is 1. The SMILES string of the molecule is COCCNC(=O)C(C)Nc1cc(=O)n(C)c2ccc(N)cc12. The zero-order chi connectivity index (χ0) is 17.0. The summed E-state index contributed by atoms with van der Waals surface area (Å²) in [5.41, 5.74) is 7.62. The Bertz CT molecular complexity index is 770. The van der Waals surface area contributed by atoms with Gasteiger partial charge in [-0.3, -0.25) is 9.59 Å². The van der Waals surface area contributed by atoms with E-state index in [1.54, 1.807) is 43.8 Å². The molecular formula is C16H22N4O3. The topological polar surface area (TPSA) is 98.4 Å². The monoisotopic (exact) mass is 318 g/mol. The number of nitrogens with one attached hydrogen (secondary N) is 2. The molecule has 0 aliphatic rings. The quantitative estimate of drug-likeness (QED) is 0.537. The average molecular weight is 318 g/mol. The van der Waals surface area contributed by atoms with E-state index in [-0.39, 0.29) is 11.5 Å². The summed E-state index contributed by atoms with van der Waals surface area (Å²) in [7, 11) is 3.27. The molecule has 0 aliphatic carbocycles. The largest absolute Gasteiger partial charge is 0.399 e. The van der Waals surface area contributed by atoms with E-state index in [0.29, 0.717) is 24.5 Å². The Balaban J connectivity index is 2.29. The maximum Gasteiger partial charge on any atom is 0.252 e. The predicted octanol–water partition coefficient (Wildman–Crippen LogP) is 0.684. The fourth-order valence-corrected chi connectivity index (χ4v) is 2.33. The van der Waals surface area contributed by atoms with Crippen LogP contribution in [0.5, 0.6) is 0 Å².